The molecule has 1 aromatic heterocycles. The molecule has 3 rings (SSSR count). The number of pyridine rings is 1. The van der Waals surface area contributed by atoms with Gasteiger partial charge in [0, 0.05) is 17.1 Å². The molecule has 0 aliphatic heterocycles. The number of alkyl halides is 3. The Morgan fingerprint density at radius 3 is 2.46 bits per heavy atom. The molecule has 122 valence electrons. The van der Waals surface area contributed by atoms with Crippen molar-refractivity contribution in [2.24, 2.45) is 0 Å². The number of fused-ring (bicyclic) bond motifs is 1. The van der Waals surface area contributed by atoms with Gasteiger partial charge in [-0.3, -0.25) is 4.98 Å². The average Bonchev–Trinajstić information content (AvgIpc) is 2.52. The molecule has 0 fully saturated rings. The normalized spacial score (nSPS) is 11.7. The molecule has 0 spiro atoms. The molecule has 0 amide bonds. The molecule has 24 heavy (non-hydrogen) atoms. The second-order valence-electron chi connectivity index (χ2n) is 5.37. The number of benzene rings is 2. The summed E-state index contributed by atoms with van der Waals surface area (Å²) >= 11 is 0. The van der Waals surface area contributed by atoms with Crippen molar-refractivity contribution in [1.29, 1.82) is 0 Å². The molecule has 0 aliphatic carbocycles. The Labute approximate surface area is 135 Å². The van der Waals surface area contributed by atoms with Crippen molar-refractivity contribution in [1.82, 2.24) is 4.98 Å². The lowest BCUT2D eigenvalue weighted by Gasteiger charge is -2.19. The first-order valence-corrected chi connectivity index (χ1v) is 7.09. The number of aromatic carboxylic acids is 1. The number of hydrogen-bond acceptors (Lipinski definition) is 2. The summed E-state index contributed by atoms with van der Waals surface area (Å²) in [7, 11) is 0. The van der Waals surface area contributed by atoms with E-state index in [0.717, 1.165) is 6.07 Å². The fraction of sp³-hybridized carbons (Fsp3) is 0.111. The largest absolute Gasteiger partial charge is 0.478 e. The first-order chi connectivity index (χ1) is 11.3. The molecule has 3 aromatic rings. The van der Waals surface area contributed by atoms with E-state index in [1.54, 1.807) is 43.3 Å². The van der Waals surface area contributed by atoms with E-state index in [-0.39, 0.29) is 11.1 Å². The highest BCUT2D eigenvalue weighted by atomic mass is 19.4. The van der Waals surface area contributed by atoms with E-state index in [9.17, 15) is 23.1 Å². The van der Waals surface area contributed by atoms with Crippen LogP contribution in [0.2, 0.25) is 0 Å². The summed E-state index contributed by atoms with van der Waals surface area (Å²) in [6, 6.07) is 10.7. The van der Waals surface area contributed by atoms with Gasteiger partial charge in [-0.2, -0.15) is 13.2 Å². The molecule has 3 nitrogen and oxygen atoms in total. The number of aromatic nitrogens is 1. The lowest BCUT2D eigenvalue weighted by Crippen LogP contribution is -2.15. The Bertz CT molecular complexity index is 949. The number of carboxylic acids is 1. The van der Waals surface area contributed by atoms with E-state index in [1.165, 1.54) is 6.20 Å². The lowest BCUT2D eigenvalue weighted by atomic mass is 9.89. The minimum atomic E-state index is -4.82. The highest BCUT2D eigenvalue weighted by Crippen LogP contribution is 2.43. The van der Waals surface area contributed by atoms with Gasteiger partial charge < -0.3 is 5.11 Å². The molecular weight excluding hydrogens is 319 g/mol. The van der Waals surface area contributed by atoms with Gasteiger partial charge in [-0.15, -0.1) is 0 Å². The molecular formula is C18H12F3NO2. The van der Waals surface area contributed by atoms with Gasteiger partial charge in [0.25, 0.3) is 0 Å². The van der Waals surface area contributed by atoms with Gasteiger partial charge in [0.15, 0.2) is 0 Å². The number of nitrogens with zero attached hydrogens (tertiary/aromatic N) is 1. The van der Waals surface area contributed by atoms with Crippen molar-refractivity contribution in [3.63, 3.8) is 0 Å². The van der Waals surface area contributed by atoms with Crippen LogP contribution in [0.25, 0.3) is 22.0 Å². The minimum absolute atomic E-state index is 0.129. The maximum atomic E-state index is 13.7. The zero-order valence-electron chi connectivity index (χ0n) is 12.6. The first kappa shape index (κ1) is 16.0. The van der Waals surface area contributed by atoms with Crippen molar-refractivity contribution >= 4 is 16.9 Å². The molecule has 0 atom stereocenters. The van der Waals surface area contributed by atoms with Gasteiger partial charge in [0.1, 0.15) is 0 Å². The standard InChI is InChI=1S/C18H12F3NO2/c1-10-5-2-3-7-12(10)14-15(18(19,20)21)13(17(23)24)9-11-6-4-8-22-16(11)14/h2-9H,1H3,(H,23,24). The van der Waals surface area contributed by atoms with Crippen molar-refractivity contribution in [2.75, 3.05) is 0 Å². The van der Waals surface area contributed by atoms with E-state index in [4.69, 9.17) is 0 Å². The van der Waals surface area contributed by atoms with Crippen molar-refractivity contribution in [3.05, 3.63) is 65.4 Å². The van der Waals surface area contributed by atoms with Gasteiger partial charge in [-0.1, -0.05) is 30.3 Å². The summed E-state index contributed by atoms with van der Waals surface area (Å²) < 4.78 is 41.2. The van der Waals surface area contributed by atoms with Crippen LogP contribution in [0.15, 0.2) is 48.7 Å². The topological polar surface area (TPSA) is 50.2 Å². The van der Waals surface area contributed by atoms with Gasteiger partial charge in [-0.25, -0.2) is 4.79 Å². The van der Waals surface area contributed by atoms with Crippen LogP contribution in [0.3, 0.4) is 0 Å². The summed E-state index contributed by atoms with van der Waals surface area (Å²) in [6.45, 7) is 1.68. The lowest BCUT2D eigenvalue weighted by molar-refractivity contribution is -0.137. The maximum Gasteiger partial charge on any atom is 0.417 e. The third-order valence-corrected chi connectivity index (χ3v) is 3.82. The molecule has 6 heteroatoms. The Kier molecular flexibility index (Phi) is 3.75. The predicted molar refractivity (Wildman–Crippen MR) is 83.9 cm³/mol. The fourth-order valence-electron chi connectivity index (χ4n) is 2.80. The number of carboxylic acid groups (broad SMARTS) is 1. The molecule has 2 aromatic carbocycles. The van der Waals surface area contributed by atoms with Crippen LogP contribution in [0, 0.1) is 6.92 Å². The van der Waals surface area contributed by atoms with E-state index >= 15 is 0 Å². The van der Waals surface area contributed by atoms with Crippen LogP contribution in [0.1, 0.15) is 21.5 Å². The second-order valence-corrected chi connectivity index (χ2v) is 5.37. The number of rotatable bonds is 2. The van der Waals surface area contributed by atoms with Gasteiger partial charge in [0.2, 0.25) is 0 Å². The van der Waals surface area contributed by atoms with Gasteiger partial charge in [0.05, 0.1) is 16.6 Å². The predicted octanol–water partition coefficient (Wildman–Crippen LogP) is 4.93. The molecule has 1 N–H and O–H groups in total. The highest BCUT2D eigenvalue weighted by molar-refractivity contribution is 6.04. The van der Waals surface area contributed by atoms with E-state index < -0.39 is 23.3 Å². The molecule has 0 saturated heterocycles. The van der Waals surface area contributed by atoms with E-state index in [0.29, 0.717) is 16.5 Å². The van der Waals surface area contributed by atoms with Crippen LogP contribution < -0.4 is 0 Å². The summed E-state index contributed by atoms with van der Waals surface area (Å²) in [5, 5.41) is 9.66. The summed E-state index contributed by atoms with van der Waals surface area (Å²) in [6.07, 6.45) is -3.43. The Balaban J connectivity index is 2.58. The number of carbonyl (C=O) groups is 1. The van der Waals surface area contributed by atoms with E-state index in [1.807, 2.05) is 0 Å². The molecule has 0 saturated carbocycles. The molecule has 1 heterocycles. The Morgan fingerprint density at radius 1 is 1.12 bits per heavy atom. The smallest absolute Gasteiger partial charge is 0.417 e. The summed E-state index contributed by atoms with van der Waals surface area (Å²) in [4.78, 5) is 15.5. The minimum Gasteiger partial charge on any atom is -0.478 e. The Morgan fingerprint density at radius 2 is 1.83 bits per heavy atom. The average molecular weight is 331 g/mol. The van der Waals surface area contributed by atoms with Crippen LogP contribution in [-0.2, 0) is 6.18 Å². The van der Waals surface area contributed by atoms with Crippen LogP contribution in [0.5, 0.6) is 0 Å². The number of hydrogen-bond donors (Lipinski definition) is 1. The Hall–Kier alpha value is -2.89. The zero-order chi connectivity index (χ0) is 17.5. The van der Waals surface area contributed by atoms with Crippen LogP contribution in [-0.4, -0.2) is 16.1 Å². The summed E-state index contributed by atoms with van der Waals surface area (Å²) in [5.41, 5.74) is -1.09. The van der Waals surface area contributed by atoms with Gasteiger partial charge >= 0.3 is 12.1 Å². The number of aryl methyl sites for hydroxylation is 1. The second kappa shape index (κ2) is 5.63. The van der Waals surface area contributed by atoms with Crippen LogP contribution in [0.4, 0.5) is 13.2 Å². The molecule has 0 bridgehead atoms. The van der Waals surface area contributed by atoms with Crippen molar-refractivity contribution in [2.45, 2.75) is 13.1 Å². The highest BCUT2D eigenvalue weighted by Gasteiger charge is 2.40. The van der Waals surface area contributed by atoms with Crippen molar-refractivity contribution in [3.8, 4) is 11.1 Å². The van der Waals surface area contributed by atoms with Gasteiger partial charge in [-0.05, 0) is 30.2 Å². The SMILES string of the molecule is Cc1ccccc1-c1c(C(F)(F)F)c(C(=O)O)cc2cccnc12. The molecule has 0 unspecified atom stereocenters. The third kappa shape index (κ3) is 2.60. The zero-order valence-corrected chi connectivity index (χ0v) is 12.6. The summed E-state index contributed by atoms with van der Waals surface area (Å²) in [5.74, 6) is -1.62. The first-order valence-electron chi connectivity index (χ1n) is 7.09. The molecule has 0 radical (unpaired) electrons. The van der Waals surface area contributed by atoms with Crippen LogP contribution >= 0.6 is 0 Å². The maximum absolute atomic E-state index is 13.7. The third-order valence-electron chi connectivity index (χ3n) is 3.82. The monoisotopic (exact) mass is 331 g/mol. The van der Waals surface area contributed by atoms with Crippen molar-refractivity contribution < 1.29 is 23.1 Å². The quantitative estimate of drug-likeness (QED) is 0.724. The van der Waals surface area contributed by atoms with E-state index in [2.05, 4.69) is 4.98 Å². The molecule has 0 aliphatic rings. The number of halogens is 3. The fourth-order valence-corrected chi connectivity index (χ4v) is 2.80.